The minimum atomic E-state index is -0.825. The van der Waals surface area contributed by atoms with Gasteiger partial charge in [0.25, 0.3) is 0 Å². The Kier molecular flexibility index (Phi) is 4.48. The van der Waals surface area contributed by atoms with E-state index in [0.29, 0.717) is 18.5 Å². The van der Waals surface area contributed by atoms with Crippen molar-refractivity contribution in [2.45, 2.75) is 63.2 Å². The van der Waals surface area contributed by atoms with Crippen LogP contribution >= 0.6 is 0 Å². The summed E-state index contributed by atoms with van der Waals surface area (Å²) in [6.45, 7) is 5.50. The van der Waals surface area contributed by atoms with Gasteiger partial charge in [0.2, 0.25) is 0 Å². The molecule has 0 aromatic carbocycles. The van der Waals surface area contributed by atoms with E-state index in [1.807, 2.05) is 6.92 Å². The third-order valence-electron chi connectivity index (χ3n) is 4.45. The Balaban J connectivity index is 1.93. The van der Waals surface area contributed by atoms with E-state index in [4.69, 9.17) is 4.74 Å². The van der Waals surface area contributed by atoms with Crippen molar-refractivity contribution in [1.29, 1.82) is 0 Å². The van der Waals surface area contributed by atoms with Gasteiger partial charge in [-0.25, -0.2) is 0 Å². The van der Waals surface area contributed by atoms with E-state index in [1.54, 1.807) is 0 Å². The first-order chi connectivity index (χ1) is 8.92. The molecule has 1 saturated heterocycles. The number of nitrogens with one attached hydrogen (secondary N) is 1. The molecule has 0 aromatic rings. The molecule has 2 rings (SSSR count). The molecule has 1 saturated carbocycles. The number of ether oxygens (including phenoxy) is 1. The summed E-state index contributed by atoms with van der Waals surface area (Å²) in [6.07, 6.45) is 3.86. The van der Waals surface area contributed by atoms with Crippen molar-refractivity contribution < 1.29 is 14.6 Å². The van der Waals surface area contributed by atoms with Gasteiger partial charge in [0.15, 0.2) is 0 Å². The first-order valence-electron chi connectivity index (χ1n) is 7.23. The predicted octanol–water partition coefficient (Wildman–Crippen LogP) is 1.08. The average molecular weight is 270 g/mol. The highest BCUT2D eigenvalue weighted by molar-refractivity contribution is 5.78. The van der Waals surface area contributed by atoms with Gasteiger partial charge in [0.1, 0.15) is 5.54 Å². The normalized spacial score (nSPS) is 28.3. The Bertz CT molecular complexity index is 327. The first kappa shape index (κ1) is 14.8. The van der Waals surface area contributed by atoms with Crippen molar-refractivity contribution in [3.8, 4) is 0 Å². The van der Waals surface area contributed by atoms with Crippen LogP contribution in [0.2, 0.25) is 0 Å². The van der Waals surface area contributed by atoms with Crippen LogP contribution in [0.25, 0.3) is 0 Å². The molecule has 0 bridgehead atoms. The number of hydrogen-bond donors (Lipinski definition) is 2. The SMILES string of the molecule is CC(CC(C)(NC1CC1)C(=O)O)N(C)C1CCOC1. The van der Waals surface area contributed by atoms with Crippen molar-refractivity contribution in [2.24, 2.45) is 0 Å². The van der Waals surface area contributed by atoms with Gasteiger partial charge in [0, 0.05) is 24.7 Å². The average Bonchev–Trinajstić information content (AvgIpc) is 2.97. The summed E-state index contributed by atoms with van der Waals surface area (Å²) in [5.41, 5.74) is -0.825. The maximum absolute atomic E-state index is 11.6. The van der Waals surface area contributed by atoms with Gasteiger partial charge in [-0.3, -0.25) is 15.0 Å². The zero-order valence-electron chi connectivity index (χ0n) is 12.2. The van der Waals surface area contributed by atoms with E-state index in [-0.39, 0.29) is 6.04 Å². The number of carbonyl (C=O) groups is 1. The standard InChI is InChI=1S/C14H26N2O3/c1-10(16(3)12-6-7-19-9-12)8-14(2,13(17)18)15-11-4-5-11/h10-12,15H,4-9H2,1-3H3,(H,17,18). The maximum Gasteiger partial charge on any atom is 0.323 e. The molecule has 0 amide bonds. The van der Waals surface area contributed by atoms with Crippen LogP contribution in [-0.2, 0) is 9.53 Å². The summed E-state index contributed by atoms with van der Waals surface area (Å²) in [5, 5.41) is 12.8. The lowest BCUT2D eigenvalue weighted by Gasteiger charge is -2.36. The second-order valence-electron chi connectivity index (χ2n) is 6.29. The van der Waals surface area contributed by atoms with Crippen LogP contribution in [0.5, 0.6) is 0 Å². The van der Waals surface area contributed by atoms with E-state index in [1.165, 1.54) is 0 Å². The summed E-state index contributed by atoms with van der Waals surface area (Å²) < 4.78 is 5.41. The fourth-order valence-electron chi connectivity index (χ4n) is 2.82. The van der Waals surface area contributed by atoms with Gasteiger partial charge in [0.05, 0.1) is 6.61 Å². The molecule has 2 fully saturated rings. The Labute approximate surface area is 115 Å². The van der Waals surface area contributed by atoms with Crippen LogP contribution in [0.15, 0.2) is 0 Å². The van der Waals surface area contributed by atoms with Gasteiger partial charge >= 0.3 is 5.97 Å². The third-order valence-corrected chi connectivity index (χ3v) is 4.45. The van der Waals surface area contributed by atoms with Gasteiger partial charge < -0.3 is 9.84 Å². The highest BCUT2D eigenvalue weighted by Gasteiger charge is 2.40. The molecule has 110 valence electrons. The van der Waals surface area contributed by atoms with Gasteiger partial charge in [-0.05, 0) is 46.6 Å². The minimum absolute atomic E-state index is 0.221. The molecule has 1 aliphatic carbocycles. The summed E-state index contributed by atoms with van der Waals surface area (Å²) in [5.74, 6) is -0.748. The van der Waals surface area contributed by atoms with Gasteiger partial charge in [-0.1, -0.05) is 0 Å². The molecule has 19 heavy (non-hydrogen) atoms. The lowest BCUT2D eigenvalue weighted by atomic mass is 9.92. The predicted molar refractivity (Wildman–Crippen MR) is 73.3 cm³/mol. The minimum Gasteiger partial charge on any atom is -0.480 e. The fraction of sp³-hybridized carbons (Fsp3) is 0.929. The Morgan fingerprint density at radius 3 is 2.68 bits per heavy atom. The number of hydrogen-bond acceptors (Lipinski definition) is 4. The molecule has 5 heteroatoms. The molecule has 0 spiro atoms. The van der Waals surface area contributed by atoms with Gasteiger partial charge in [-0.2, -0.15) is 0 Å². The molecule has 0 aromatic heterocycles. The lowest BCUT2D eigenvalue weighted by molar-refractivity contribution is -0.145. The third kappa shape index (κ3) is 3.68. The summed E-state index contributed by atoms with van der Waals surface area (Å²) in [7, 11) is 2.07. The molecule has 1 aliphatic heterocycles. The number of carboxylic acids is 1. The maximum atomic E-state index is 11.6. The largest absolute Gasteiger partial charge is 0.480 e. The van der Waals surface area contributed by atoms with E-state index in [9.17, 15) is 9.90 Å². The van der Waals surface area contributed by atoms with Crippen molar-refractivity contribution >= 4 is 5.97 Å². The summed E-state index contributed by atoms with van der Waals surface area (Å²) in [4.78, 5) is 13.8. The summed E-state index contributed by atoms with van der Waals surface area (Å²) in [6, 6.07) is 1.04. The highest BCUT2D eigenvalue weighted by Crippen LogP contribution is 2.27. The molecule has 2 aliphatic rings. The van der Waals surface area contributed by atoms with Crippen LogP contribution in [0.1, 0.15) is 39.5 Å². The zero-order chi connectivity index (χ0) is 14.0. The molecular weight excluding hydrogens is 244 g/mol. The van der Waals surface area contributed by atoms with Crippen molar-refractivity contribution in [3.63, 3.8) is 0 Å². The molecule has 2 N–H and O–H groups in total. The lowest BCUT2D eigenvalue weighted by Crippen LogP contribution is -2.55. The van der Waals surface area contributed by atoms with E-state index < -0.39 is 11.5 Å². The van der Waals surface area contributed by atoms with Crippen molar-refractivity contribution in [1.82, 2.24) is 10.2 Å². The van der Waals surface area contributed by atoms with E-state index in [0.717, 1.165) is 32.5 Å². The monoisotopic (exact) mass is 270 g/mol. The van der Waals surface area contributed by atoms with Crippen LogP contribution in [0.4, 0.5) is 0 Å². The van der Waals surface area contributed by atoms with E-state index in [2.05, 4.69) is 24.2 Å². The molecule has 3 unspecified atom stereocenters. The molecule has 5 nitrogen and oxygen atoms in total. The van der Waals surface area contributed by atoms with Crippen molar-refractivity contribution in [3.05, 3.63) is 0 Å². The second-order valence-corrected chi connectivity index (χ2v) is 6.29. The smallest absolute Gasteiger partial charge is 0.323 e. The number of nitrogens with zero attached hydrogens (tertiary/aromatic N) is 1. The number of aliphatic carboxylic acids is 1. The first-order valence-corrected chi connectivity index (χ1v) is 7.23. The molecule has 1 heterocycles. The van der Waals surface area contributed by atoms with Crippen LogP contribution in [0, 0.1) is 0 Å². The van der Waals surface area contributed by atoms with Crippen molar-refractivity contribution in [2.75, 3.05) is 20.3 Å². The van der Waals surface area contributed by atoms with Crippen LogP contribution in [0.3, 0.4) is 0 Å². The quantitative estimate of drug-likeness (QED) is 0.725. The van der Waals surface area contributed by atoms with E-state index >= 15 is 0 Å². The zero-order valence-corrected chi connectivity index (χ0v) is 12.2. The fourth-order valence-corrected chi connectivity index (χ4v) is 2.82. The van der Waals surface area contributed by atoms with Crippen LogP contribution in [-0.4, -0.2) is 59.9 Å². The highest BCUT2D eigenvalue weighted by atomic mass is 16.5. The Hall–Kier alpha value is -0.650. The number of rotatable bonds is 7. The molecule has 3 atom stereocenters. The molecular formula is C14H26N2O3. The van der Waals surface area contributed by atoms with Crippen LogP contribution < -0.4 is 5.32 Å². The second kappa shape index (κ2) is 5.77. The topological polar surface area (TPSA) is 61.8 Å². The number of likely N-dealkylation sites (N-methyl/N-ethyl adjacent to an activating group) is 1. The summed E-state index contributed by atoms with van der Waals surface area (Å²) >= 11 is 0. The number of carboxylic acid groups (broad SMARTS) is 1. The van der Waals surface area contributed by atoms with Gasteiger partial charge in [-0.15, -0.1) is 0 Å². The molecule has 0 radical (unpaired) electrons. The Morgan fingerprint density at radius 2 is 2.21 bits per heavy atom. The Morgan fingerprint density at radius 1 is 1.53 bits per heavy atom.